The van der Waals surface area contributed by atoms with Gasteiger partial charge in [-0.25, -0.2) is 0 Å². The van der Waals surface area contributed by atoms with Crippen LogP contribution in [-0.2, 0) is 0 Å². The van der Waals surface area contributed by atoms with Gasteiger partial charge in [-0.15, -0.1) is 0 Å². The molecule has 2 rings (SSSR count). The zero-order valence-electron chi connectivity index (χ0n) is 9.28. The Bertz CT molecular complexity index is 292. The van der Waals surface area contributed by atoms with Crippen LogP contribution in [0.25, 0.3) is 0 Å². The molecule has 84 valence electrons. The van der Waals surface area contributed by atoms with Crippen LogP contribution in [0.2, 0.25) is 0 Å². The van der Waals surface area contributed by atoms with Gasteiger partial charge in [-0.05, 0) is 32.4 Å². The van der Waals surface area contributed by atoms with Crippen LogP contribution in [0.3, 0.4) is 0 Å². The summed E-state index contributed by atoms with van der Waals surface area (Å²) in [4.78, 5) is 0. The van der Waals surface area contributed by atoms with E-state index in [1.54, 1.807) is 0 Å². The summed E-state index contributed by atoms with van der Waals surface area (Å²) in [6.45, 7) is 5.07. The van der Waals surface area contributed by atoms with Crippen LogP contribution >= 0.6 is 0 Å². The van der Waals surface area contributed by atoms with Gasteiger partial charge in [-0.3, -0.25) is 4.68 Å². The Labute approximate surface area is 90.6 Å². The average molecular weight is 209 g/mol. The summed E-state index contributed by atoms with van der Waals surface area (Å²) in [5.41, 5.74) is 0. The highest BCUT2D eigenvalue weighted by atomic mass is 16.5. The highest BCUT2D eigenvalue weighted by Crippen LogP contribution is 2.20. The highest BCUT2D eigenvalue weighted by molar-refractivity contribution is 5.12. The minimum atomic E-state index is 0.547. The third kappa shape index (κ3) is 2.72. The lowest BCUT2D eigenvalue weighted by Gasteiger charge is -2.22. The molecule has 0 atom stereocenters. The van der Waals surface area contributed by atoms with Gasteiger partial charge in [0.15, 0.2) is 5.75 Å². The molecule has 1 fully saturated rings. The van der Waals surface area contributed by atoms with Gasteiger partial charge in [0, 0.05) is 0 Å². The van der Waals surface area contributed by atoms with E-state index in [1.165, 1.54) is 0 Å². The number of hydrogen-bond donors (Lipinski definition) is 1. The van der Waals surface area contributed by atoms with E-state index in [-0.39, 0.29) is 0 Å². The van der Waals surface area contributed by atoms with Gasteiger partial charge in [-0.1, -0.05) is 6.92 Å². The summed E-state index contributed by atoms with van der Waals surface area (Å²) < 4.78 is 7.58. The molecule has 0 radical (unpaired) electrons. The summed E-state index contributed by atoms with van der Waals surface area (Å²) in [5.74, 6) is 0.899. The van der Waals surface area contributed by atoms with E-state index in [0.717, 1.165) is 44.7 Å². The minimum Gasteiger partial charge on any atom is -0.490 e. The first-order valence-corrected chi connectivity index (χ1v) is 5.78. The predicted molar refractivity (Wildman–Crippen MR) is 59.2 cm³/mol. The SMILES string of the molecule is CCCOc1cnn(C2CCNCC2)c1. The second kappa shape index (κ2) is 5.16. The molecule has 1 aliphatic rings. The third-order valence-corrected chi connectivity index (χ3v) is 2.73. The van der Waals surface area contributed by atoms with Gasteiger partial charge in [0.25, 0.3) is 0 Å². The number of piperidine rings is 1. The van der Waals surface area contributed by atoms with E-state index in [9.17, 15) is 0 Å². The van der Waals surface area contributed by atoms with Crippen molar-refractivity contribution >= 4 is 0 Å². The molecule has 0 aromatic carbocycles. The van der Waals surface area contributed by atoms with Crippen LogP contribution < -0.4 is 10.1 Å². The zero-order chi connectivity index (χ0) is 10.5. The molecule has 1 aromatic rings. The third-order valence-electron chi connectivity index (χ3n) is 2.73. The van der Waals surface area contributed by atoms with E-state index >= 15 is 0 Å². The molecule has 4 nitrogen and oxygen atoms in total. The number of rotatable bonds is 4. The molecule has 1 aromatic heterocycles. The fourth-order valence-corrected chi connectivity index (χ4v) is 1.89. The lowest BCUT2D eigenvalue weighted by Crippen LogP contribution is -2.29. The predicted octanol–water partition coefficient (Wildman–Crippen LogP) is 1.60. The molecule has 0 spiro atoms. The van der Waals surface area contributed by atoms with E-state index in [2.05, 4.69) is 17.3 Å². The second-order valence-corrected chi connectivity index (χ2v) is 3.99. The zero-order valence-corrected chi connectivity index (χ0v) is 9.28. The summed E-state index contributed by atoms with van der Waals surface area (Å²) in [6, 6.07) is 0.547. The number of ether oxygens (including phenoxy) is 1. The largest absolute Gasteiger partial charge is 0.490 e. The number of nitrogens with one attached hydrogen (secondary N) is 1. The molecule has 0 amide bonds. The van der Waals surface area contributed by atoms with E-state index in [1.807, 2.05) is 17.1 Å². The lowest BCUT2D eigenvalue weighted by atomic mass is 10.1. The lowest BCUT2D eigenvalue weighted by molar-refractivity contribution is 0.313. The number of aromatic nitrogens is 2. The fraction of sp³-hybridized carbons (Fsp3) is 0.727. The van der Waals surface area contributed by atoms with Crippen molar-refractivity contribution in [2.75, 3.05) is 19.7 Å². The van der Waals surface area contributed by atoms with Gasteiger partial charge in [0.1, 0.15) is 0 Å². The summed E-state index contributed by atoms with van der Waals surface area (Å²) in [6.07, 6.45) is 7.20. The number of nitrogens with zero attached hydrogens (tertiary/aromatic N) is 2. The van der Waals surface area contributed by atoms with Gasteiger partial charge in [-0.2, -0.15) is 5.10 Å². The first-order valence-electron chi connectivity index (χ1n) is 5.78. The van der Waals surface area contributed by atoms with Crippen molar-refractivity contribution in [3.8, 4) is 5.75 Å². The molecule has 0 unspecified atom stereocenters. The van der Waals surface area contributed by atoms with Crippen molar-refractivity contribution in [1.82, 2.24) is 15.1 Å². The van der Waals surface area contributed by atoms with E-state index in [0.29, 0.717) is 6.04 Å². The normalized spacial score (nSPS) is 17.9. The van der Waals surface area contributed by atoms with Gasteiger partial charge < -0.3 is 10.1 Å². The second-order valence-electron chi connectivity index (χ2n) is 3.99. The average Bonchev–Trinajstić information content (AvgIpc) is 2.76. The summed E-state index contributed by atoms with van der Waals surface area (Å²) in [5, 5.41) is 7.71. The van der Waals surface area contributed by atoms with Crippen molar-refractivity contribution in [2.45, 2.75) is 32.2 Å². The van der Waals surface area contributed by atoms with Gasteiger partial charge in [0.05, 0.1) is 25.0 Å². The molecule has 1 aliphatic heterocycles. The molecule has 0 aliphatic carbocycles. The molecule has 0 saturated carbocycles. The fourth-order valence-electron chi connectivity index (χ4n) is 1.89. The van der Waals surface area contributed by atoms with E-state index in [4.69, 9.17) is 4.74 Å². The maximum Gasteiger partial charge on any atom is 0.157 e. The molecule has 0 bridgehead atoms. The molecule has 1 saturated heterocycles. The Morgan fingerprint density at radius 3 is 3.07 bits per heavy atom. The van der Waals surface area contributed by atoms with Crippen molar-refractivity contribution < 1.29 is 4.74 Å². The maximum absolute atomic E-state index is 5.53. The first-order chi connectivity index (χ1) is 7.40. The van der Waals surface area contributed by atoms with Crippen LogP contribution in [0, 0.1) is 0 Å². The van der Waals surface area contributed by atoms with Crippen LogP contribution in [-0.4, -0.2) is 29.5 Å². The molecule has 4 heteroatoms. The molecule has 15 heavy (non-hydrogen) atoms. The van der Waals surface area contributed by atoms with Crippen LogP contribution in [0.4, 0.5) is 0 Å². The highest BCUT2D eigenvalue weighted by Gasteiger charge is 2.15. The first kappa shape index (κ1) is 10.5. The number of hydrogen-bond acceptors (Lipinski definition) is 3. The smallest absolute Gasteiger partial charge is 0.157 e. The van der Waals surface area contributed by atoms with Crippen molar-refractivity contribution in [1.29, 1.82) is 0 Å². The summed E-state index contributed by atoms with van der Waals surface area (Å²) in [7, 11) is 0. The van der Waals surface area contributed by atoms with Crippen molar-refractivity contribution in [3.63, 3.8) is 0 Å². The minimum absolute atomic E-state index is 0.547. The Morgan fingerprint density at radius 2 is 2.33 bits per heavy atom. The molecular weight excluding hydrogens is 190 g/mol. The maximum atomic E-state index is 5.53. The van der Waals surface area contributed by atoms with Gasteiger partial charge >= 0.3 is 0 Å². The van der Waals surface area contributed by atoms with E-state index < -0.39 is 0 Å². The van der Waals surface area contributed by atoms with Crippen LogP contribution in [0.5, 0.6) is 5.75 Å². The molecule has 2 heterocycles. The standard InChI is InChI=1S/C11H19N3O/c1-2-7-15-11-8-13-14(9-11)10-3-5-12-6-4-10/h8-10,12H,2-7H2,1H3. The monoisotopic (exact) mass is 209 g/mol. The molecule has 1 N–H and O–H groups in total. The van der Waals surface area contributed by atoms with Crippen molar-refractivity contribution in [3.05, 3.63) is 12.4 Å². The Morgan fingerprint density at radius 1 is 1.53 bits per heavy atom. The Balaban J connectivity index is 1.93. The Kier molecular flexibility index (Phi) is 3.61. The van der Waals surface area contributed by atoms with Gasteiger partial charge in [0.2, 0.25) is 0 Å². The topological polar surface area (TPSA) is 39.1 Å². The molecular formula is C11H19N3O. The van der Waals surface area contributed by atoms with Crippen LogP contribution in [0.1, 0.15) is 32.2 Å². The summed E-state index contributed by atoms with van der Waals surface area (Å²) >= 11 is 0. The van der Waals surface area contributed by atoms with Crippen LogP contribution in [0.15, 0.2) is 12.4 Å². The van der Waals surface area contributed by atoms with Crippen molar-refractivity contribution in [2.24, 2.45) is 0 Å². The quantitative estimate of drug-likeness (QED) is 0.818. The Hall–Kier alpha value is -1.03.